The van der Waals surface area contributed by atoms with Crippen LogP contribution in [0.25, 0.3) is 0 Å². The van der Waals surface area contributed by atoms with Crippen molar-refractivity contribution < 1.29 is 13.9 Å². The number of hydrogen-bond acceptors (Lipinski definition) is 6. The molecule has 1 aliphatic heterocycles. The molecule has 7 nitrogen and oxygen atoms in total. The first-order valence-corrected chi connectivity index (χ1v) is 9.45. The van der Waals surface area contributed by atoms with E-state index in [-0.39, 0.29) is 11.7 Å². The summed E-state index contributed by atoms with van der Waals surface area (Å²) in [6, 6.07) is 8.16. The van der Waals surface area contributed by atoms with Crippen LogP contribution in [0.5, 0.6) is 0 Å². The lowest BCUT2D eigenvalue weighted by Crippen LogP contribution is -2.49. The number of nitrogens with zero attached hydrogens (tertiary/aromatic N) is 4. The Balaban J connectivity index is 1.59. The molecule has 0 spiro atoms. The summed E-state index contributed by atoms with van der Waals surface area (Å²) >= 11 is 0. The van der Waals surface area contributed by atoms with E-state index < -0.39 is 0 Å². The number of hydrogen-bond donors (Lipinski definition) is 1. The molecule has 0 unspecified atom stereocenters. The van der Waals surface area contributed by atoms with Crippen LogP contribution in [0.15, 0.2) is 30.3 Å². The van der Waals surface area contributed by atoms with Crippen LogP contribution >= 0.6 is 0 Å². The molecule has 0 bridgehead atoms. The molecule has 150 valence electrons. The number of amides is 1. The fourth-order valence-electron chi connectivity index (χ4n) is 3.16. The number of aromatic nitrogens is 2. The molecule has 3 rings (SSSR count). The highest BCUT2D eigenvalue weighted by Gasteiger charge is 2.24. The number of ether oxygens (including phenoxy) is 1. The van der Waals surface area contributed by atoms with Crippen LogP contribution in [0.1, 0.15) is 22.6 Å². The number of carbonyl (C=O) groups excluding carboxylic acids is 1. The van der Waals surface area contributed by atoms with Crippen LogP contribution in [0, 0.1) is 12.7 Å². The van der Waals surface area contributed by atoms with Crippen LogP contribution in [0.3, 0.4) is 0 Å². The predicted octanol–water partition coefficient (Wildman–Crippen LogP) is 2.33. The van der Waals surface area contributed by atoms with Gasteiger partial charge in [0.15, 0.2) is 0 Å². The van der Waals surface area contributed by atoms with Gasteiger partial charge in [0.05, 0.1) is 0 Å². The summed E-state index contributed by atoms with van der Waals surface area (Å²) in [5.74, 6) is 0.122. The van der Waals surface area contributed by atoms with Gasteiger partial charge in [0.25, 0.3) is 5.91 Å². The molecule has 1 aromatic carbocycles. The molecule has 1 aliphatic rings. The van der Waals surface area contributed by atoms with E-state index in [1.807, 2.05) is 6.92 Å². The Morgan fingerprint density at radius 1 is 1.18 bits per heavy atom. The molecule has 0 saturated carbocycles. The van der Waals surface area contributed by atoms with Gasteiger partial charge in [0, 0.05) is 57.8 Å². The zero-order chi connectivity index (χ0) is 19.9. The van der Waals surface area contributed by atoms with Crippen molar-refractivity contribution in [1.29, 1.82) is 0 Å². The highest BCUT2D eigenvalue weighted by atomic mass is 19.1. The number of aryl methyl sites for hydroxylation is 1. The molecule has 8 heteroatoms. The number of carbonyl (C=O) groups is 1. The first-order valence-electron chi connectivity index (χ1n) is 9.45. The first-order chi connectivity index (χ1) is 13.6. The zero-order valence-electron chi connectivity index (χ0n) is 16.3. The molecule has 0 radical (unpaired) electrons. The Bertz CT molecular complexity index is 792. The Morgan fingerprint density at radius 2 is 1.89 bits per heavy atom. The number of methoxy groups -OCH3 is 1. The summed E-state index contributed by atoms with van der Waals surface area (Å²) < 4.78 is 18.1. The average Bonchev–Trinajstić information content (AvgIpc) is 2.71. The number of piperazine rings is 1. The SMILES string of the molecule is COCCCNc1nc(C)cc(C(=O)N2CCN(c3ccc(F)cc3)CC2)n1. The number of nitrogens with one attached hydrogen (secondary N) is 1. The van der Waals surface area contributed by atoms with Crippen molar-refractivity contribution in [3.8, 4) is 0 Å². The number of benzene rings is 1. The van der Waals surface area contributed by atoms with Crippen molar-refractivity contribution in [2.75, 3.05) is 56.7 Å². The van der Waals surface area contributed by atoms with Crippen molar-refractivity contribution in [1.82, 2.24) is 14.9 Å². The fraction of sp³-hybridized carbons (Fsp3) is 0.450. The van der Waals surface area contributed by atoms with Crippen molar-refractivity contribution in [2.24, 2.45) is 0 Å². The Labute approximate surface area is 164 Å². The molecule has 2 heterocycles. The van der Waals surface area contributed by atoms with Gasteiger partial charge in [-0.15, -0.1) is 0 Å². The molecule has 0 atom stereocenters. The maximum atomic E-state index is 13.1. The summed E-state index contributed by atoms with van der Waals surface area (Å²) in [5, 5.41) is 3.14. The quantitative estimate of drug-likeness (QED) is 0.736. The second-order valence-corrected chi connectivity index (χ2v) is 6.75. The standard InChI is InChI=1S/C20H26FN5O2/c1-15-14-18(24-20(23-15)22-8-3-13-28-2)19(27)26-11-9-25(10-12-26)17-6-4-16(21)5-7-17/h4-7,14H,3,8-13H2,1-2H3,(H,22,23,24). The second kappa shape index (κ2) is 9.45. The van der Waals surface area contributed by atoms with E-state index in [1.54, 1.807) is 30.2 Å². The normalized spacial score (nSPS) is 14.2. The van der Waals surface area contributed by atoms with Crippen molar-refractivity contribution >= 4 is 17.5 Å². The van der Waals surface area contributed by atoms with Crippen molar-refractivity contribution in [3.05, 3.63) is 47.5 Å². The van der Waals surface area contributed by atoms with E-state index in [0.29, 0.717) is 51.0 Å². The van der Waals surface area contributed by atoms with E-state index in [1.165, 1.54) is 12.1 Å². The minimum Gasteiger partial charge on any atom is -0.385 e. The van der Waals surface area contributed by atoms with Crippen molar-refractivity contribution in [2.45, 2.75) is 13.3 Å². The van der Waals surface area contributed by atoms with Gasteiger partial charge in [-0.05, 0) is 43.7 Å². The predicted molar refractivity (Wildman–Crippen MR) is 106 cm³/mol. The molecular weight excluding hydrogens is 361 g/mol. The van der Waals surface area contributed by atoms with Crippen LogP contribution in [0.4, 0.5) is 16.0 Å². The van der Waals surface area contributed by atoms with E-state index in [2.05, 4.69) is 20.2 Å². The third kappa shape index (κ3) is 5.16. The number of rotatable bonds is 7. The lowest BCUT2D eigenvalue weighted by molar-refractivity contribution is 0.0740. The monoisotopic (exact) mass is 387 g/mol. The van der Waals surface area contributed by atoms with Crippen LogP contribution in [-0.4, -0.2) is 67.2 Å². The summed E-state index contributed by atoms with van der Waals surface area (Å²) in [6.45, 7) is 5.77. The molecular formula is C20H26FN5O2. The maximum Gasteiger partial charge on any atom is 0.272 e. The van der Waals surface area contributed by atoms with Crippen LogP contribution < -0.4 is 10.2 Å². The second-order valence-electron chi connectivity index (χ2n) is 6.75. The number of anilines is 2. The third-order valence-electron chi connectivity index (χ3n) is 4.64. The smallest absolute Gasteiger partial charge is 0.272 e. The zero-order valence-corrected chi connectivity index (χ0v) is 16.3. The van der Waals surface area contributed by atoms with E-state index in [4.69, 9.17) is 4.74 Å². The van der Waals surface area contributed by atoms with Gasteiger partial charge in [-0.1, -0.05) is 0 Å². The van der Waals surface area contributed by atoms with Crippen LogP contribution in [0.2, 0.25) is 0 Å². The topological polar surface area (TPSA) is 70.6 Å². The summed E-state index contributed by atoms with van der Waals surface area (Å²) in [5.41, 5.74) is 2.11. The largest absolute Gasteiger partial charge is 0.385 e. The maximum absolute atomic E-state index is 13.1. The van der Waals surface area contributed by atoms with Gasteiger partial charge in [-0.3, -0.25) is 4.79 Å². The highest BCUT2D eigenvalue weighted by Crippen LogP contribution is 2.18. The van der Waals surface area contributed by atoms with Gasteiger partial charge in [-0.2, -0.15) is 0 Å². The minimum absolute atomic E-state index is 0.0933. The molecule has 0 aliphatic carbocycles. The van der Waals surface area contributed by atoms with Gasteiger partial charge in [0.2, 0.25) is 5.95 Å². The van der Waals surface area contributed by atoms with E-state index >= 15 is 0 Å². The molecule has 1 N–H and O–H groups in total. The summed E-state index contributed by atoms with van der Waals surface area (Å²) in [7, 11) is 1.66. The molecule has 1 amide bonds. The molecule has 2 aromatic rings. The summed E-state index contributed by atoms with van der Waals surface area (Å²) in [6.07, 6.45) is 0.836. The van der Waals surface area contributed by atoms with E-state index in [0.717, 1.165) is 17.8 Å². The van der Waals surface area contributed by atoms with Gasteiger partial charge >= 0.3 is 0 Å². The Hall–Kier alpha value is -2.74. The first kappa shape index (κ1) is 20.0. The van der Waals surface area contributed by atoms with Crippen LogP contribution in [-0.2, 0) is 4.74 Å². The fourth-order valence-corrected chi connectivity index (χ4v) is 3.16. The van der Waals surface area contributed by atoms with Gasteiger partial charge < -0.3 is 19.9 Å². The molecule has 1 aromatic heterocycles. The minimum atomic E-state index is -0.247. The van der Waals surface area contributed by atoms with Gasteiger partial charge in [0.1, 0.15) is 11.5 Å². The Kier molecular flexibility index (Phi) is 6.76. The lowest BCUT2D eigenvalue weighted by atomic mass is 10.2. The average molecular weight is 387 g/mol. The number of halogens is 1. The highest BCUT2D eigenvalue weighted by molar-refractivity contribution is 5.92. The van der Waals surface area contributed by atoms with Crippen molar-refractivity contribution in [3.63, 3.8) is 0 Å². The van der Waals surface area contributed by atoms with E-state index in [9.17, 15) is 9.18 Å². The Morgan fingerprint density at radius 3 is 2.57 bits per heavy atom. The molecule has 1 saturated heterocycles. The molecule has 1 fully saturated rings. The molecule has 28 heavy (non-hydrogen) atoms. The lowest BCUT2D eigenvalue weighted by Gasteiger charge is -2.36. The third-order valence-corrected chi connectivity index (χ3v) is 4.64. The van der Waals surface area contributed by atoms with Gasteiger partial charge in [-0.25, -0.2) is 14.4 Å². The summed E-state index contributed by atoms with van der Waals surface area (Å²) in [4.78, 5) is 25.6.